The Morgan fingerprint density at radius 2 is 1.73 bits per heavy atom. The Hall–Kier alpha value is -2.24. The number of para-hydroxylation sites is 1. The number of rotatable bonds is 2. The van der Waals surface area contributed by atoms with Gasteiger partial charge in [0.1, 0.15) is 5.01 Å². The molecule has 114 valence electrons. The minimum absolute atomic E-state index is 0.177. The van der Waals surface area contributed by atoms with E-state index in [2.05, 4.69) is 24.6 Å². The first-order chi connectivity index (χ1) is 10.5. The van der Waals surface area contributed by atoms with E-state index >= 15 is 0 Å². The van der Waals surface area contributed by atoms with Crippen LogP contribution in [-0.2, 0) is 0 Å². The van der Waals surface area contributed by atoms with Crippen LogP contribution in [0.25, 0.3) is 20.8 Å². The van der Waals surface area contributed by atoms with Crippen LogP contribution in [0, 0.1) is 0 Å². The Labute approximate surface area is 133 Å². The molecule has 0 amide bonds. The maximum Gasteiger partial charge on any atom is 0.125 e. The van der Waals surface area contributed by atoms with Crippen LogP contribution in [0.4, 0.5) is 0 Å². The third-order valence-corrected chi connectivity index (χ3v) is 3.74. The average molecular weight is 314 g/mol. The van der Waals surface area contributed by atoms with E-state index in [1.807, 2.05) is 24.3 Å². The van der Waals surface area contributed by atoms with E-state index in [-0.39, 0.29) is 5.56 Å². The van der Waals surface area contributed by atoms with Crippen LogP contribution in [0.2, 0.25) is 0 Å². The molecule has 0 aliphatic carbocycles. The summed E-state index contributed by atoms with van der Waals surface area (Å²) in [6.45, 7) is 4.11. The van der Waals surface area contributed by atoms with E-state index in [1.54, 1.807) is 18.2 Å². The number of thiazole rings is 1. The summed E-state index contributed by atoms with van der Waals surface area (Å²) in [7, 11) is 0. The summed E-state index contributed by atoms with van der Waals surface area (Å²) in [6.07, 6.45) is 0. The molecule has 0 saturated heterocycles. The van der Waals surface area contributed by atoms with Gasteiger partial charge in [0.25, 0.3) is 0 Å². The molecule has 1 heterocycles. The second kappa shape index (κ2) is 7.15. The fraction of sp³-hybridized carbons (Fsp3) is 0.176. The molecule has 0 aliphatic heterocycles. The molecule has 5 heteroatoms. The van der Waals surface area contributed by atoms with Gasteiger partial charge in [-0.2, -0.15) is 0 Å². The van der Waals surface area contributed by atoms with Gasteiger partial charge >= 0.3 is 0 Å². The minimum Gasteiger partial charge on any atom is -0.545 e. The molecule has 3 rings (SSSR count). The number of hydrogen-bond donors (Lipinski definition) is 1. The standard InChI is InChI=1S/C14H9NO2S.C3H9N/c16-14(17)10-6-2-1-5-9(10)13-15-11-7-3-4-8-12(11)18-13;1-3(2)4/h1-8H,(H,16,17);3H,4H2,1-2H3. The number of carbonyl (C=O) groups is 1. The zero-order chi connectivity index (χ0) is 16.1. The molecule has 0 fully saturated rings. The third-order valence-electron chi connectivity index (χ3n) is 2.67. The molecule has 0 aliphatic rings. The fourth-order valence-corrected chi connectivity index (χ4v) is 2.84. The molecule has 3 aromatic rings. The van der Waals surface area contributed by atoms with E-state index in [1.165, 1.54) is 17.4 Å². The van der Waals surface area contributed by atoms with Crippen LogP contribution in [0.3, 0.4) is 0 Å². The molecule has 1 aromatic heterocycles. The van der Waals surface area contributed by atoms with Gasteiger partial charge in [0.2, 0.25) is 0 Å². The number of quaternary nitrogens is 1. The van der Waals surface area contributed by atoms with Gasteiger partial charge < -0.3 is 15.6 Å². The van der Waals surface area contributed by atoms with Crippen LogP contribution in [0.5, 0.6) is 0 Å². The lowest BCUT2D eigenvalue weighted by Gasteiger charge is -2.06. The first-order valence-corrected chi connectivity index (χ1v) is 7.80. The maximum absolute atomic E-state index is 11.1. The van der Waals surface area contributed by atoms with Crippen molar-refractivity contribution in [3.63, 3.8) is 0 Å². The van der Waals surface area contributed by atoms with E-state index in [4.69, 9.17) is 0 Å². The largest absolute Gasteiger partial charge is 0.545 e. The SMILES string of the molecule is CC(C)[NH3+].O=C([O-])c1ccccc1-c1nc2ccccc2s1. The molecule has 4 nitrogen and oxygen atoms in total. The monoisotopic (exact) mass is 314 g/mol. The number of fused-ring (bicyclic) bond motifs is 1. The number of carboxylic acids is 1. The summed E-state index contributed by atoms with van der Waals surface area (Å²) in [6, 6.07) is 15.1. The van der Waals surface area contributed by atoms with Crippen molar-refractivity contribution in [2.24, 2.45) is 0 Å². The predicted octanol–water partition coefficient (Wildman–Crippen LogP) is 1.96. The Morgan fingerprint density at radius 1 is 1.14 bits per heavy atom. The molecule has 0 radical (unpaired) electrons. The molecule has 2 aromatic carbocycles. The number of benzene rings is 2. The van der Waals surface area contributed by atoms with Crippen molar-refractivity contribution in [1.82, 2.24) is 4.98 Å². The van der Waals surface area contributed by atoms with Gasteiger partial charge in [-0.05, 0) is 26.0 Å². The zero-order valence-electron chi connectivity index (χ0n) is 12.6. The third kappa shape index (κ3) is 3.90. The summed E-state index contributed by atoms with van der Waals surface area (Å²) in [5, 5.41) is 11.8. The zero-order valence-corrected chi connectivity index (χ0v) is 13.4. The van der Waals surface area contributed by atoms with E-state index in [0.29, 0.717) is 16.6 Å². The Bertz CT molecular complexity index is 745. The molecule has 0 saturated carbocycles. The lowest BCUT2D eigenvalue weighted by atomic mass is 10.1. The summed E-state index contributed by atoms with van der Waals surface area (Å²) >= 11 is 1.48. The minimum atomic E-state index is -1.18. The summed E-state index contributed by atoms with van der Waals surface area (Å²) in [5.41, 5.74) is 5.31. The smallest absolute Gasteiger partial charge is 0.125 e. The number of aromatic carboxylic acids is 1. The number of hydrogen-bond acceptors (Lipinski definition) is 4. The summed E-state index contributed by atoms with van der Waals surface area (Å²) in [5.74, 6) is -1.18. The quantitative estimate of drug-likeness (QED) is 0.785. The first-order valence-electron chi connectivity index (χ1n) is 6.98. The number of nitrogens with zero attached hydrogens (tertiary/aromatic N) is 1. The molecule has 0 unspecified atom stereocenters. The van der Waals surface area contributed by atoms with Crippen molar-refractivity contribution < 1.29 is 15.6 Å². The average Bonchev–Trinajstić information content (AvgIpc) is 2.90. The maximum atomic E-state index is 11.1. The fourth-order valence-electron chi connectivity index (χ4n) is 1.84. The molecular formula is C17H18N2O2S. The van der Waals surface area contributed by atoms with E-state index in [9.17, 15) is 9.90 Å². The lowest BCUT2D eigenvalue weighted by molar-refractivity contribution is -0.407. The Balaban J connectivity index is 0.000000396. The van der Waals surface area contributed by atoms with Gasteiger partial charge in [-0.3, -0.25) is 0 Å². The van der Waals surface area contributed by atoms with Crippen LogP contribution in [0.15, 0.2) is 48.5 Å². The highest BCUT2D eigenvalue weighted by molar-refractivity contribution is 7.21. The van der Waals surface area contributed by atoms with Crippen molar-refractivity contribution in [3.8, 4) is 10.6 Å². The Kier molecular flexibility index (Phi) is 5.25. The molecule has 0 atom stereocenters. The topological polar surface area (TPSA) is 80.7 Å². The number of carboxylic acid groups (broad SMARTS) is 1. The van der Waals surface area contributed by atoms with Gasteiger partial charge in [-0.25, -0.2) is 4.98 Å². The molecule has 22 heavy (non-hydrogen) atoms. The van der Waals surface area contributed by atoms with Gasteiger partial charge in [0.05, 0.1) is 22.2 Å². The van der Waals surface area contributed by atoms with Crippen LogP contribution in [-0.4, -0.2) is 17.0 Å². The summed E-state index contributed by atoms with van der Waals surface area (Å²) < 4.78 is 1.04. The molecule has 3 N–H and O–H groups in total. The molecular weight excluding hydrogens is 296 g/mol. The highest BCUT2D eigenvalue weighted by Gasteiger charge is 2.10. The molecule has 0 spiro atoms. The highest BCUT2D eigenvalue weighted by atomic mass is 32.1. The second-order valence-corrected chi connectivity index (χ2v) is 6.24. The van der Waals surface area contributed by atoms with Crippen LogP contribution in [0.1, 0.15) is 24.2 Å². The Morgan fingerprint density at radius 3 is 2.36 bits per heavy atom. The van der Waals surface area contributed by atoms with Crippen molar-refractivity contribution in [2.75, 3.05) is 0 Å². The first kappa shape index (κ1) is 16.1. The summed E-state index contributed by atoms with van der Waals surface area (Å²) in [4.78, 5) is 15.5. The lowest BCUT2D eigenvalue weighted by Crippen LogP contribution is -2.57. The number of carbonyl (C=O) groups excluding carboxylic acids is 1. The predicted molar refractivity (Wildman–Crippen MR) is 87.4 cm³/mol. The van der Waals surface area contributed by atoms with Crippen molar-refractivity contribution in [3.05, 3.63) is 54.1 Å². The second-order valence-electron chi connectivity index (χ2n) is 5.21. The van der Waals surface area contributed by atoms with Crippen molar-refractivity contribution in [2.45, 2.75) is 19.9 Å². The highest BCUT2D eigenvalue weighted by Crippen LogP contribution is 2.31. The van der Waals surface area contributed by atoms with Crippen molar-refractivity contribution in [1.29, 1.82) is 0 Å². The normalized spacial score (nSPS) is 10.4. The van der Waals surface area contributed by atoms with Gasteiger partial charge in [-0.1, -0.05) is 36.4 Å². The van der Waals surface area contributed by atoms with Crippen LogP contribution < -0.4 is 10.8 Å². The van der Waals surface area contributed by atoms with Gasteiger partial charge in [0, 0.05) is 11.1 Å². The van der Waals surface area contributed by atoms with E-state index < -0.39 is 5.97 Å². The number of aromatic nitrogens is 1. The van der Waals surface area contributed by atoms with Gasteiger partial charge in [0.15, 0.2) is 0 Å². The van der Waals surface area contributed by atoms with Crippen LogP contribution >= 0.6 is 11.3 Å². The van der Waals surface area contributed by atoms with Crippen molar-refractivity contribution >= 4 is 27.5 Å². The van der Waals surface area contributed by atoms with E-state index in [0.717, 1.165) is 10.2 Å². The molecule has 0 bridgehead atoms. The van der Waals surface area contributed by atoms with Gasteiger partial charge in [-0.15, -0.1) is 11.3 Å².